The fourth-order valence-electron chi connectivity index (χ4n) is 9.93. The lowest BCUT2D eigenvalue weighted by Gasteiger charge is -2.26. The van der Waals surface area contributed by atoms with E-state index in [0.717, 1.165) is 77.0 Å². The first-order valence-electron chi connectivity index (χ1n) is 35.4. The highest BCUT2D eigenvalue weighted by Gasteiger charge is 2.22. The Morgan fingerprint density at radius 1 is 0.365 bits per heavy atom. The first-order valence-corrected chi connectivity index (χ1v) is 35.4. The molecule has 0 aromatic carbocycles. The molecule has 0 aliphatic rings. The largest absolute Gasteiger partial charge is 0.545 e. The van der Waals surface area contributed by atoms with Crippen molar-refractivity contribution in [3.8, 4) is 0 Å². The van der Waals surface area contributed by atoms with Crippen LogP contribution in [0.4, 0.5) is 0 Å². The van der Waals surface area contributed by atoms with E-state index in [4.69, 9.17) is 18.9 Å². The smallest absolute Gasteiger partial charge is 0.306 e. The summed E-state index contributed by atoms with van der Waals surface area (Å²) in [6, 6.07) is 0. The zero-order chi connectivity index (χ0) is 61.9. The van der Waals surface area contributed by atoms with Crippen molar-refractivity contribution in [1.82, 2.24) is 0 Å². The molecule has 0 saturated carbocycles. The summed E-state index contributed by atoms with van der Waals surface area (Å²) >= 11 is 0. The molecule has 0 aromatic rings. The van der Waals surface area contributed by atoms with E-state index < -0.39 is 24.3 Å². The van der Waals surface area contributed by atoms with E-state index in [1.165, 1.54) is 199 Å². The number of hydrogen-bond donors (Lipinski definition) is 0. The van der Waals surface area contributed by atoms with Crippen LogP contribution < -0.4 is 5.11 Å². The minimum atomic E-state index is -1.63. The minimum absolute atomic E-state index is 0.145. The molecule has 0 rings (SSSR count). The summed E-state index contributed by atoms with van der Waals surface area (Å²) < 4.78 is 22.8. The van der Waals surface area contributed by atoms with Crippen molar-refractivity contribution in [3.63, 3.8) is 0 Å². The highest BCUT2D eigenvalue weighted by molar-refractivity contribution is 5.70. The lowest BCUT2D eigenvalue weighted by atomic mass is 10.0. The van der Waals surface area contributed by atoms with E-state index in [9.17, 15) is 19.5 Å². The van der Waals surface area contributed by atoms with Crippen molar-refractivity contribution in [2.75, 3.05) is 47.5 Å². The summed E-state index contributed by atoms with van der Waals surface area (Å²) in [5.74, 6) is -2.27. The van der Waals surface area contributed by atoms with Crippen LogP contribution in [0.1, 0.15) is 309 Å². The fraction of sp³-hybridized carbons (Fsp3) is 0.750. The van der Waals surface area contributed by atoms with Crippen LogP contribution in [0.5, 0.6) is 0 Å². The van der Waals surface area contributed by atoms with Gasteiger partial charge in [-0.3, -0.25) is 9.59 Å². The van der Waals surface area contributed by atoms with Gasteiger partial charge in [0.1, 0.15) is 13.2 Å². The maximum atomic E-state index is 12.9. The van der Waals surface area contributed by atoms with E-state index in [2.05, 4.69) is 111 Å². The zero-order valence-corrected chi connectivity index (χ0v) is 56.0. The molecule has 0 aliphatic heterocycles. The fourth-order valence-corrected chi connectivity index (χ4v) is 9.93. The topological polar surface area (TPSA) is 111 Å². The number of likely N-dealkylation sites (N-methyl/N-ethyl adjacent to an activating group) is 1. The highest BCUT2D eigenvalue weighted by Crippen LogP contribution is 2.17. The number of nitrogens with zero attached hydrogens (tertiary/aromatic N) is 1. The van der Waals surface area contributed by atoms with Gasteiger partial charge in [-0.2, -0.15) is 0 Å². The third kappa shape index (κ3) is 67.6. The molecule has 0 radical (unpaired) electrons. The molecule has 2 atom stereocenters. The Labute approximate surface area is 524 Å². The second-order valence-electron chi connectivity index (χ2n) is 24.8. The number of esters is 2. The Kier molecular flexibility index (Phi) is 63.2. The van der Waals surface area contributed by atoms with Crippen molar-refractivity contribution < 1.29 is 42.9 Å². The van der Waals surface area contributed by atoms with Gasteiger partial charge in [-0.15, -0.1) is 0 Å². The van der Waals surface area contributed by atoms with Crippen LogP contribution in [-0.4, -0.2) is 82.3 Å². The monoisotopic (exact) mass is 1190 g/mol. The predicted octanol–water partition coefficient (Wildman–Crippen LogP) is 20.7. The van der Waals surface area contributed by atoms with Gasteiger partial charge in [0.05, 0.1) is 40.3 Å². The van der Waals surface area contributed by atoms with Gasteiger partial charge in [0, 0.05) is 12.8 Å². The molecular weight excluding hydrogens is 1050 g/mol. The maximum Gasteiger partial charge on any atom is 0.306 e. The normalized spacial score (nSPS) is 13.3. The summed E-state index contributed by atoms with van der Waals surface area (Å²) in [5, 5.41) is 11.8. The molecule has 85 heavy (non-hydrogen) atoms. The second-order valence-corrected chi connectivity index (χ2v) is 24.8. The second kappa shape index (κ2) is 66.2. The van der Waals surface area contributed by atoms with Gasteiger partial charge in [0.2, 0.25) is 0 Å². The average Bonchev–Trinajstić information content (AvgIpc) is 3.49. The van der Waals surface area contributed by atoms with Gasteiger partial charge in [-0.1, -0.05) is 297 Å². The lowest BCUT2D eigenvalue weighted by Crippen LogP contribution is -2.44. The van der Waals surface area contributed by atoms with Crippen LogP contribution in [0.15, 0.2) is 97.2 Å². The molecular formula is C76H133NO8. The van der Waals surface area contributed by atoms with Crippen LogP contribution in [0.2, 0.25) is 0 Å². The van der Waals surface area contributed by atoms with Crippen molar-refractivity contribution in [3.05, 3.63) is 97.2 Å². The number of unbranched alkanes of at least 4 members (excludes halogenated alkanes) is 34. The molecule has 0 aromatic heterocycles. The van der Waals surface area contributed by atoms with Gasteiger partial charge >= 0.3 is 11.9 Å². The van der Waals surface area contributed by atoms with Crippen molar-refractivity contribution >= 4 is 17.9 Å². The Morgan fingerprint density at radius 3 is 1.00 bits per heavy atom. The number of quaternary nitrogens is 1. The number of rotatable bonds is 65. The molecule has 0 N–H and O–H groups in total. The van der Waals surface area contributed by atoms with Gasteiger partial charge < -0.3 is 33.3 Å². The lowest BCUT2D eigenvalue weighted by molar-refractivity contribution is -0.870. The van der Waals surface area contributed by atoms with Crippen LogP contribution in [0, 0.1) is 0 Å². The standard InChI is InChI=1S/C76H133NO8/c1-6-8-10-12-14-16-18-20-22-24-26-28-30-32-34-35-36-37-38-39-41-43-45-47-49-51-53-55-57-59-61-63-65-67-74(79)85-72(71-84-76(75(80)81)82-69-68-77(3,4)5)70-83-73(78)66-64-62-60-58-56-54-52-50-48-46-44-42-40-33-31-29-27-25-23-21-19-17-15-13-11-9-7-2/h8,10,14,16,19-22,25-28,31-34,72,76H,6-7,9,11-13,15,17-18,23-24,29-30,35-71H2,1-5H3/b10-8-,16-14-,21-19-,22-20-,27-25-,28-26-,33-31-,34-32-. The molecule has 0 bridgehead atoms. The summed E-state index contributed by atoms with van der Waals surface area (Å²) in [6.45, 7) is 4.65. The Hall–Kier alpha value is -3.79. The molecule has 0 spiro atoms. The van der Waals surface area contributed by atoms with E-state index in [1.54, 1.807) is 0 Å². The summed E-state index contributed by atoms with van der Waals surface area (Å²) in [6.07, 6.45) is 87.7. The zero-order valence-electron chi connectivity index (χ0n) is 56.0. The number of carboxylic acids is 1. The third-order valence-electron chi connectivity index (χ3n) is 15.3. The van der Waals surface area contributed by atoms with Gasteiger partial charge in [0.15, 0.2) is 12.4 Å². The Bertz CT molecular complexity index is 1720. The number of carbonyl (C=O) groups excluding carboxylic acids is 3. The van der Waals surface area contributed by atoms with Crippen molar-refractivity contribution in [2.45, 2.75) is 322 Å². The van der Waals surface area contributed by atoms with Gasteiger partial charge in [0.25, 0.3) is 0 Å². The van der Waals surface area contributed by atoms with Crippen LogP contribution in [0.25, 0.3) is 0 Å². The summed E-state index contributed by atoms with van der Waals surface area (Å²) in [4.78, 5) is 37.5. The number of hydrogen-bond acceptors (Lipinski definition) is 8. The summed E-state index contributed by atoms with van der Waals surface area (Å²) in [5.41, 5.74) is 0. The number of carboxylic acid groups (broad SMARTS) is 1. The molecule has 9 heteroatoms. The first-order chi connectivity index (χ1) is 41.6. The van der Waals surface area contributed by atoms with E-state index >= 15 is 0 Å². The van der Waals surface area contributed by atoms with E-state index in [0.29, 0.717) is 17.4 Å². The molecule has 9 nitrogen and oxygen atoms in total. The average molecular weight is 1190 g/mol. The van der Waals surface area contributed by atoms with Gasteiger partial charge in [-0.25, -0.2) is 0 Å². The predicted molar refractivity (Wildman–Crippen MR) is 361 cm³/mol. The summed E-state index contributed by atoms with van der Waals surface area (Å²) in [7, 11) is 5.93. The SMILES string of the molecule is CC/C=C\C/C=C\C/C=C\C/C=C\C/C=C\CCCCCCCCCCCCCCCCCCCC(=O)OC(COC(=O)CCCCCCCCCCCCCC/C=C\C/C=C\C/C=C\CCCCCCC)COC(OCC[N+](C)(C)C)C(=O)[O-]. The van der Waals surface area contributed by atoms with Crippen LogP contribution in [0.3, 0.4) is 0 Å². The quantitative estimate of drug-likeness (QED) is 0.0195. The van der Waals surface area contributed by atoms with E-state index in [-0.39, 0.29) is 38.6 Å². The Morgan fingerprint density at radius 2 is 0.671 bits per heavy atom. The van der Waals surface area contributed by atoms with Crippen LogP contribution in [-0.2, 0) is 33.3 Å². The Balaban J connectivity index is 4.10. The van der Waals surface area contributed by atoms with Gasteiger partial charge in [-0.05, 0) is 96.3 Å². The maximum absolute atomic E-state index is 12.9. The van der Waals surface area contributed by atoms with E-state index in [1.807, 2.05) is 21.1 Å². The molecule has 0 heterocycles. The molecule has 490 valence electrons. The first kappa shape index (κ1) is 81.2. The van der Waals surface area contributed by atoms with Crippen molar-refractivity contribution in [1.29, 1.82) is 0 Å². The molecule has 0 saturated heterocycles. The molecule has 2 unspecified atom stereocenters. The molecule has 0 fully saturated rings. The third-order valence-corrected chi connectivity index (χ3v) is 15.3. The molecule has 0 aliphatic carbocycles. The highest BCUT2D eigenvalue weighted by atomic mass is 16.7. The van der Waals surface area contributed by atoms with Crippen LogP contribution >= 0.6 is 0 Å². The minimum Gasteiger partial charge on any atom is -0.545 e. The number of allylic oxidation sites excluding steroid dienone is 16. The molecule has 0 amide bonds. The number of ether oxygens (including phenoxy) is 4. The number of carbonyl (C=O) groups is 3. The number of aliphatic carboxylic acids is 1. The van der Waals surface area contributed by atoms with Crippen molar-refractivity contribution in [2.24, 2.45) is 0 Å².